The van der Waals surface area contributed by atoms with Crippen LogP contribution in [0.15, 0.2) is 34.9 Å². The number of benzene rings is 1. The van der Waals surface area contributed by atoms with E-state index in [4.69, 9.17) is 9.26 Å². The summed E-state index contributed by atoms with van der Waals surface area (Å²) in [6.45, 7) is 2.53. The number of nitrogens with zero attached hydrogens (tertiary/aromatic N) is 1. The van der Waals surface area contributed by atoms with E-state index >= 15 is 0 Å². The fourth-order valence-corrected chi connectivity index (χ4v) is 1.76. The molecule has 1 aromatic heterocycles. The summed E-state index contributed by atoms with van der Waals surface area (Å²) in [4.78, 5) is 11.7. The Kier molecular flexibility index (Phi) is 4.60. The van der Waals surface area contributed by atoms with Crippen molar-refractivity contribution in [2.24, 2.45) is 0 Å². The Bertz CT molecular complexity index is 581. The lowest BCUT2D eigenvalue weighted by atomic mass is 10.2. The van der Waals surface area contributed by atoms with E-state index in [2.05, 4.69) is 15.8 Å². The molecule has 2 amide bonds. The maximum atomic E-state index is 11.7. The Morgan fingerprint density at radius 2 is 2.05 bits per heavy atom. The summed E-state index contributed by atoms with van der Waals surface area (Å²) in [6, 6.07) is 9.05. The van der Waals surface area contributed by atoms with E-state index in [0.29, 0.717) is 18.8 Å². The maximum Gasteiger partial charge on any atom is 0.315 e. The average molecular weight is 275 g/mol. The van der Waals surface area contributed by atoms with E-state index in [1.165, 1.54) is 0 Å². The van der Waals surface area contributed by atoms with Crippen molar-refractivity contribution in [3.63, 3.8) is 0 Å². The van der Waals surface area contributed by atoms with E-state index in [1.54, 1.807) is 20.1 Å². The molecule has 0 fully saturated rings. The van der Waals surface area contributed by atoms with Gasteiger partial charge in [0.1, 0.15) is 17.2 Å². The molecule has 2 rings (SSSR count). The highest BCUT2D eigenvalue weighted by Gasteiger charge is 2.06. The normalized spacial score (nSPS) is 10.1. The van der Waals surface area contributed by atoms with Crippen molar-refractivity contribution >= 4 is 6.03 Å². The first kappa shape index (κ1) is 13.9. The van der Waals surface area contributed by atoms with Gasteiger partial charge >= 0.3 is 6.03 Å². The molecule has 0 saturated carbocycles. The zero-order valence-corrected chi connectivity index (χ0v) is 11.5. The Morgan fingerprint density at radius 3 is 2.75 bits per heavy atom. The molecule has 20 heavy (non-hydrogen) atoms. The lowest BCUT2D eigenvalue weighted by Crippen LogP contribution is -2.34. The number of hydrogen-bond donors (Lipinski definition) is 2. The van der Waals surface area contributed by atoms with Gasteiger partial charge in [0.05, 0.1) is 13.7 Å². The first-order chi connectivity index (χ1) is 9.69. The van der Waals surface area contributed by atoms with E-state index in [1.807, 2.05) is 24.3 Å². The highest BCUT2D eigenvalue weighted by molar-refractivity contribution is 5.73. The number of ether oxygens (including phenoxy) is 1. The number of carbonyl (C=O) groups excluding carboxylic acids is 1. The van der Waals surface area contributed by atoms with Crippen molar-refractivity contribution in [1.82, 2.24) is 15.8 Å². The molecule has 1 aromatic carbocycles. The monoisotopic (exact) mass is 275 g/mol. The minimum atomic E-state index is -0.267. The summed E-state index contributed by atoms with van der Waals surface area (Å²) in [5, 5.41) is 9.26. The van der Waals surface area contributed by atoms with E-state index in [-0.39, 0.29) is 6.03 Å². The van der Waals surface area contributed by atoms with Crippen LogP contribution in [0.1, 0.15) is 17.0 Å². The second kappa shape index (κ2) is 6.60. The molecule has 106 valence electrons. The van der Waals surface area contributed by atoms with Crippen molar-refractivity contribution in [2.45, 2.75) is 20.0 Å². The van der Waals surface area contributed by atoms with Crippen LogP contribution in [0.2, 0.25) is 0 Å². The number of carbonyl (C=O) groups is 1. The summed E-state index contributed by atoms with van der Waals surface area (Å²) < 4.78 is 10.1. The predicted octanol–water partition coefficient (Wildman–Crippen LogP) is 1.99. The SMILES string of the molecule is COc1ccccc1CNC(=O)NCc1cc(C)on1. The summed E-state index contributed by atoms with van der Waals surface area (Å²) in [5.41, 5.74) is 1.61. The number of aromatic nitrogens is 1. The maximum absolute atomic E-state index is 11.7. The fourth-order valence-electron chi connectivity index (χ4n) is 1.76. The third-order valence-corrected chi connectivity index (χ3v) is 2.74. The Balaban J connectivity index is 1.80. The molecular formula is C14H17N3O3. The number of para-hydroxylation sites is 1. The quantitative estimate of drug-likeness (QED) is 0.875. The minimum Gasteiger partial charge on any atom is -0.496 e. The standard InChI is InChI=1S/C14H17N3O3/c1-10-7-12(17-20-10)9-16-14(18)15-8-11-5-3-4-6-13(11)19-2/h3-7H,8-9H2,1-2H3,(H2,15,16,18). The molecule has 1 heterocycles. The second-order valence-corrected chi connectivity index (χ2v) is 4.28. The Labute approximate surface area is 117 Å². The van der Waals surface area contributed by atoms with Gasteiger partial charge in [0, 0.05) is 18.2 Å². The molecular weight excluding hydrogens is 258 g/mol. The smallest absolute Gasteiger partial charge is 0.315 e. The Morgan fingerprint density at radius 1 is 1.30 bits per heavy atom. The molecule has 0 spiro atoms. The molecule has 0 unspecified atom stereocenters. The third kappa shape index (κ3) is 3.74. The fraction of sp³-hybridized carbons (Fsp3) is 0.286. The zero-order valence-electron chi connectivity index (χ0n) is 11.5. The van der Waals surface area contributed by atoms with Crippen molar-refractivity contribution in [2.75, 3.05) is 7.11 Å². The molecule has 6 nitrogen and oxygen atoms in total. The lowest BCUT2D eigenvalue weighted by Gasteiger charge is -2.09. The molecule has 6 heteroatoms. The zero-order chi connectivity index (χ0) is 14.4. The highest BCUT2D eigenvalue weighted by Crippen LogP contribution is 2.16. The summed E-state index contributed by atoms with van der Waals surface area (Å²) in [7, 11) is 1.60. The summed E-state index contributed by atoms with van der Waals surface area (Å²) in [6.07, 6.45) is 0. The van der Waals surface area contributed by atoms with Gasteiger partial charge in [-0.1, -0.05) is 23.4 Å². The number of aryl methyl sites for hydroxylation is 1. The van der Waals surface area contributed by atoms with Crippen LogP contribution in [0.5, 0.6) is 5.75 Å². The minimum absolute atomic E-state index is 0.267. The van der Waals surface area contributed by atoms with Crippen molar-refractivity contribution < 1.29 is 14.1 Å². The van der Waals surface area contributed by atoms with E-state index < -0.39 is 0 Å². The van der Waals surface area contributed by atoms with Crippen molar-refractivity contribution in [1.29, 1.82) is 0 Å². The summed E-state index contributed by atoms with van der Waals surface area (Å²) >= 11 is 0. The van der Waals surface area contributed by atoms with Crippen LogP contribution in [0.4, 0.5) is 4.79 Å². The van der Waals surface area contributed by atoms with Crippen LogP contribution >= 0.6 is 0 Å². The molecule has 2 N–H and O–H groups in total. The molecule has 0 aliphatic carbocycles. The van der Waals surface area contributed by atoms with E-state index in [9.17, 15) is 4.79 Å². The van der Waals surface area contributed by atoms with Gasteiger partial charge in [-0.15, -0.1) is 0 Å². The summed E-state index contributed by atoms with van der Waals surface area (Å²) in [5.74, 6) is 1.47. The van der Waals surface area contributed by atoms with Gasteiger partial charge in [0.15, 0.2) is 0 Å². The van der Waals surface area contributed by atoms with Gasteiger partial charge in [-0.25, -0.2) is 4.79 Å². The number of amides is 2. The van der Waals surface area contributed by atoms with Crippen LogP contribution in [0.25, 0.3) is 0 Å². The first-order valence-corrected chi connectivity index (χ1v) is 6.25. The topological polar surface area (TPSA) is 76.4 Å². The van der Waals surface area contributed by atoms with Gasteiger partial charge in [-0.2, -0.15) is 0 Å². The Hall–Kier alpha value is -2.50. The number of rotatable bonds is 5. The van der Waals surface area contributed by atoms with Crippen LogP contribution in [-0.4, -0.2) is 18.3 Å². The van der Waals surface area contributed by atoms with Crippen LogP contribution in [0, 0.1) is 6.92 Å². The van der Waals surface area contributed by atoms with Gasteiger partial charge < -0.3 is 19.9 Å². The van der Waals surface area contributed by atoms with Gasteiger partial charge in [-0.05, 0) is 13.0 Å². The molecule has 0 bridgehead atoms. The molecule has 0 aliphatic heterocycles. The highest BCUT2D eigenvalue weighted by atomic mass is 16.5. The molecule has 0 radical (unpaired) electrons. The number of hydrogen-bond acceptors (Lipinski definition) is 4. The molecule has 0 saturated heterocycles. The number of methoxy groups -OCH3 is 1. The van der Waals surface area contributed by atoms with Gasteiger partial charge in [-0.3, -0.25) is 0 Å². The second-order valence-electron chi connectivity index (χ2n) is 4.28. The van der Waals surface area contributed by atoms with Crippen LogP contribution < -0.4 is 15.4 Å². The third-order valence-electron chi connectivity index (χ3n) is 2.74. The van der Waals surface area contributed by atoms with Crippen molar-refractivity contribution in [3.05, 3.63) is 47.3 Å². The predicted molar refractivity (Wildman–Crippen MR) is 73.3 cm³/mol. The average Bonchev–Trinajstić information content (AvgIpc) is 2.89. The number of nitrogens with one attached hydrogen (secondary N) is 2. The lowest BCUT2D eigenvalue weighted by molar-refractivity contribution is 0.239. The first-order valence-electron chi connectivity index (χ1n) is 6.25. The van der Waals surface area contributed by atoms with Gasteiger partial charge in [0.25, 0.3) is 0 Å². The van der Waals surface area contributed by atoms with Crippen molar-refractivity contribution in [3.8, 4) is 5.75 Å². The largest absolute Gasteiger partial charge is 0.496 e. The molecule has 2 aromatic rings. The van der Waals surface area contributed by atoms with Crippen LogP contribution in [0.3, 0.4) is 0 Å². The van der Waals surface area contributed by atoms with E-state index in [0.717, 1.165) is 17.1 Å². The number of urea groups is 1. The molecule has 0 aliphatic rings. The van der Waals surface area contributed by atoms with Gasteiger partial charge in [0.2, 0.25) is 0 Å². The van der Waals surface area contributed by atoms with Crippen LogP contribution in [-0.2, 0) is 13.1 Å². The molecule has 0 atom stereocenters.